The zero-order valence-corrected chi connectivity index (χ0v) is 12.4. The second kappa shape index (κ2) is 7.65. The highest BCUT2D eigenvalue weighted by molar-refractivity contribution is 7.09. The number of thiophene rings is 1. The normalized spacial score (nSPS) is 10.2. The van der Waals surface area contributed by atoms with Gasteiger partial charge in [0.25, 0.3) is 0 Å². The van der Waals surface area contributed by atoms with Gasteiger partial charge >= 0.3 is 6.03 Å². The van der Waals surface area contributed by atoms with E-state index in [2.05, 4.69) is 10.3 Å². The van der Waals surface area contributed by atoms with Gasteiger partial charge in [-0.1, -0.05) is 6.07 Å². The quantitative estimate of drug-likeness (QED) is 0.888. The fourth-order valence-electron chi connectivity index (χ4n) is 1.90. The van der Waals surface area contributed by atoms with Gasteiger partial charge in [0.2, 0.25) is 0 Å². The molecule has 2 aromatic heterocycles. The Morgan fingerprint density at radius 2 is 2.15 bits per heavy atom. The Kier molecular flexibility index (Phi) is 5.55. The molecule has 20 heavy (non-hydrogen) atoms. The Morgan fingerprint density at radius 3 is 2.80 bits per heavy atom. The molecule has 0 aliphatic carbocycles. The van der Waals surface area contributed by atoms with Crippen molar-refractivity contribution in [2.45, 2.75) is 19.9 Å². The molecule has 0 fully saturated rings. The number of carbonyl (C=O) groups is 1. The first-order valence-electron chi connectivity index (χ1n) is 6.73. The van der Waals surface area contributed by atoms with E-state index >= 15 is 0 Å². The van der Waals surface area contributed by atoms with Gasteiger partial charge in [0.15, 0.2) is 0 Å². The minimum absolute atomic E-state index is 0.00467. The SMILES string of the molecule is CCN(CCc1ccncc1)C(=O)NCc1cccs1. The summed E-state index contributed by atoms with van der Waals surface area (Å²) in [5.74, 6) is 0. The lowest BCUT2D eigenvalue weighted by Crippen LogP contribution is -2.40. The fourth-order valence-corrected chi connectivity index (χ4v) is 2.55. The van der Waals surface area contributed by atoms with E-state index in [4.69, 9.17) is 0 Å². The van der Waals surface area contributed by atoms with E-state index < -0.39 is 0 Å². The molecule has 106 valence electrons. The van der Waals surface area contributed by atoms with E-state index in [-0.39, 0.29) is 6.03 Å². The molecular weight excluding hydrogens is 270 g/mol. The Bertz CT molecular complexity index is 513. The van der Waals surface area contributed by atoms with Gasteiger partial charge in [0.1, 0.15) is 0 Å². The van der Waals surface area contributed by atoms with Gasteiger partial charge < -0.3 is 10.2 Å². The molecule has 0 aromatic carbocycles. The zero-order chi connectivity index (χ0) is 14.2. The fraction of sp³-hybridized carbons (Fsp3) is 0.333. The topological polar surface area (TPSA) is 45.2 Å². The minimum Gasteiger partial charge on any atom is -0.333 e. The van der Waals surface area contributed by atoms with Crippen LogP contribution in [0.3, 0.4) is 0 Å². The Morgan fingerprint density at radius 1 is 1.35 bits per heavy atom. The summed E-state index contributed by atoms with van der Waals surface area (Å²) in [6, 6.07) is 7.98. The van der Waals surface area contributed by atoms with Crippen LogP contribution in [0.15, 0.2) is 42.0 Å². The number of nitrogens with zero attached hydrogens (tertiary/aromatic N) is 2. The lowest BCUT2D eigenvalue weighted by molar-refractivity contribution is 0.201. The molecule has 2 aromatic rings. The monoisotopic (exact) mass is 289 g/mol. The van der Waals surface area contributed by atoms with Crippen LogP contribution < -0.4 is 5.32 Å². The summed E-state index contributed by atoms with van der Waals surface area (Å²) in [5, 5.41) is 4.97. The zero-order valence-electron chi connectivity index (χ0n) is 11.6. The Labute approximate surface area is 123 Å². The number of rotatable bonds is 6. The number of aromatic nitrogens is 1. The van der Waals surface area contributed by atoms with Gasteiger partial charge in [0, 0.05) is 30.4 Å². The van der Waals surface area contributed by atoms with Crippen LogP contribution in [0.25, 0.3) is 0 Å². The Hall–Kier alpha value is -1.88. The Balaban J connectivity index is 1.80. The van der Waals surface area contributed by atoms with Crippen LogP contribution in [-0.2, 0) is 13.0 Å². The summed E-state index contributed by atoms with van der Waals surface area (Å²) in [6.45, 7) is 4.03. The van der Waals surface area contributed by atoms with Gasteiger partial charge in [-0.3, -0.25) is 4.98 Å². The first kappa shape index (κ1) is 14.5. The molecule has 4 nitrogen and oxygen atoms in total. The highest BCUT2D eigenvalue weighted by atomic mass is 32.1. The second-order valence-corrected chi connectivity index (χ2v) is 5.46. The third-order valence-corrected chi connectivity index (χ3v) is 3.96. The van der Waals surface area contributed by atoms with Gasteiger partial charge in [-0.15, -0.1) is 11.3 Å². The number of hydrogen-bond donors (Lipinski definition) is 1. The molecule has 0 saturated carbocycles. The molecule has 0 bridgehead atoms. The molecule has 2 amide bonds. The lowest BCUT2D eigenvalue weighted by atomic mass is 10.2. The maximum atomic E-state index is 12.1. The number of nitrogens with one attached hydrogen (secondary N) is 1. The summed E-state index contributed by atoms with van der Waals surface area (Å²) < 4.78 is 0. The average molecular weight is 289 g/mol. The van der Waals surface area contributed by atoms with Crippen LogP contribution in [0.4, 0.5) is 4.79 Å². The predicted octanol–water partition coefficient (Wildman–Crippen LogP) is 2.92. The third kappa shape index (κ3) is 4.35. The number of amides is 2. The average Bonchev–Trinajstić information content (AvgIpc) is 3.00. The second-order valence-electron chi connectivity index (χ2n) is 4.42. The van der Waals surface area contributed by atoms with Crippen molar-refractivity contribution in [3.63, 3.8) is 0 Å². The summed E-state index contributed by atoms with van der Waals surface area (Å²) in [5.41, 5.74) is 1.20. The third-order valence-electron chi connectivity index (χ3n) is 3.08. The van der Waals surface area contributed by atoms with E-state index in [9.17, 15) is 4.79 Å². The predicted molar refractivity (Wildman–Crippen MR) is 81.7 cm³/mol. The van der Waals surface area contributed by atoms with Crippen molar-refractivity contribution in [3.05, 3.63) is 52.5 Å². The van der Waals surface area contributed by atoms with Crippen LogP contribution in [0.2, 0.25) is 0 Å². The molecule has 0 radical (unpaired) electrons. The van der Waals surface area contributed by atoms with Crippen LogP contribution in [0.5, 0.6) is 0 Å². The summed E-state index contributed by atoms with van der Waals surface area (Å²) in [7, 11) is 0. The van der Waals surface area contributed by atoms with E-state index in [0.29, 0.717) is 13.1 Å². The molecule has 0 spiro atoms. The van der Waals surface area contributed by atoms with Crippen molar-refractivity contribution < 1.29 is 4.79 Å². The van der Waals surface area contributed by atoms with Crippen molar-refractivity contribution in [1.29, 1.82) is 0 Å². The molecule has 0 atom stereocenters. The molecule has 5 heteroatoms. The van der Waals surface area contributed by atoms with Crippen molar-refractivity contribution in [2.24, 2.45) is 0 Å². The number of pyridine rings is 1. The number of hydrogen-bond acceptors (Lipinski definition) is 3. The van der Waals surface area contributed by atoms with Crippen molar-refractivity contribution in [1.82, 2.24) is 15.2 Å². The largest absolute Gasteiger partial charge is 0.333 e. The standard InChI is InChI=1S/C15H19N3OS/c1-2-18(10-7-13-5-8-16-9-6-13)15(19)17-12-14-4-3-11-20-14/h3-6,8-9,11H,2,7,10,12H2,1H3,(H,17,19). The van der Waals surface area contributed by atoms with Crippen LogP contribution >= 0.6 is 11.3 Å². The molecule has 0 unspecified atom stereocenters. The first-order valence-corrected chi connectivity index (χ1v) is 7.61. The molecule has 2 rings (SSSR count). The highest BCUT2D eigenvalue weighted by Crippen LogP contribution is 2.08. The van der Waals surface area contributed by atoms with Gasteiger partial charge in [-0.05, 0) is 42.5 Å². The van der Waals surface area contributed by atoms with Crippen molar-refractivity contribution in [3.8, 4) is 0 Å². The number of carbonyl (C=O) groups excluding carboxylic acids is 1. The van der Waals surface area contributed by atoms with Crippen molar-refractivity contribution in [2.75, 3.05) is 13.1 Å². The lowest BCUT2D eigenvalue weighted by Gasteiger charge is -2.21. The maximum Gasteiger partial charge on any atom is 0.317 e. The van der Waals surface area contributed by atoms with Gasteiger partial charge in [-0.25, -0.2) is 4.79 Å². The molecular formula is C15H19N3OS. The molecule has 2 heterocycles. The highest BCUT2D eigenvalue weighted by Gasteiger charge is 2.11. The van der Waals surface area contributed by atoms with E-state index in [1.165, 1.54) is 10.4 Å². The van der Waals surface area contributed by atoms with E-state index in [1.54, 1.807) is 23.7 Å². The summed E-state index contributed by atoms with van der Waals surface area (Å²) in [6.07, 6.45) is 4.41. The number of likely N-dealkylation sites (N-methyl/N-ethyl adjacent to an activating group) is 1. The smallest absolute Gasteiger partial charge is 0.317 e. The molecule has 0 saturated heterocycles. The summed E-state index contributed by atoms with van der Waals surface area (Å²) >= 11 is 1.65. The maximum absolute atomic E-state index is 12.1. The molecule has 0 aliphatic rings. The first-order chi connectivity index (χ1) is 9.79. The van der Waals surface area contributed by atoms with Crippen LogP contribution in [-0.4, -0.2) is 29.0 Å². The van der Waals surface area contributed by atoms with Gasteiger partial charge in [0.05, 0.1) is 6.54 Å². The van der Waals surface area contributed by atoms with Crippen molar-refractivity contribution >= 4 is 17.4 Å². The van der Waals surface area contributed by atoms with Crippen LogP contribution in [0.1, 0.15) is 17.4 Å². The van der Waals surface area contributed by atoms with E-state index in [1.807, 2.05) is 41.5 Å². The van der Waals surface area contributed by atoms with Crippen LogP contribution in [0, 0.1) is 0 Å². The minimum atomic E-state index is -0.00467. The molecule has 1 N–H and O–H groups in total. The number of urea groups is 1. The summed E-state index contributed by atoms with van der Waals surface area (Å²) in [4.78, 5) is 19.1. The van der Waals surface area contributed by atoms with Gasteiger partial charge in [-0.2, -0.15) is 0 Å². The van der Waals surface area contributed by atoms with E-state index in [0.717, 1.165) is 13.0 Å². The molecule has 0 aliphatic heterocycles.